The third kappa shape index (κ3) is 6.17. The summed E-state index contributed by atoms with van der Waals surface area (Å²) >= 11 is 0. The molecule has 180 valence electrons. The summed E-state index contributed by atoms with van der Waals surface area (Å²) < 4.78 is 33.9. The summed E-state index contributed by atoms with van der Waals surface area (Å²) in [5.74, 6) is 0.316. The van der Waals surface area contributed by atoms with Gasteiger partial charge < -0.3 is 10.1 Å². The lowest BCUT2D eigenvalue weighted by Gasteiger charge is -2.27. The SMILES string of the molecule is COc1ccccc1N(CC(=O)N[C@@H](CC(C)C)c1ccccc1)S(=O)(=O)c1ccc(C)cc1. The summed E-state index contributed by atoms with van der Waals surface area (Å²) in [4.78, 5) is 13.4. The first kappa shape index (κ1) is 25.3. The van der Waals surface area contributed by atoms with E-state index in [1.165, 1.54) is 7.11 Å². The minimum atomic E-state index is -4.03. The Morgan fingerprint density at radius 3 is 2.18 bits per heavy atom. The smallest absolute Gasteiger partial charge is 0.264 e. The Labute approximate surface area is 202 Å². The molecule has 0 unspecified atom stereocenters. The van der Waals surface area contributed by atoms with Gasteiger partial charge in [-0.3, -0.25) is 9.10 Å². The number of hydrogen-bond donors (Lipinski definition) is 1. The van der Waals surface area contributed by atoms with E-state index in [0.717, 1.165) is 21.9 Å². The van der Waals surface area contributed by atoms with E-state index in [4.69, 9.17) is 4.74 Å². The van der Waals surface area contributed by atoms with Gasteiger partial charge in [0.2, 0.25) is 5.91 Å². The van der Waals surface area contributed by atoms with Crippen molar-refractivity contribution in [1.82, 2.24) is 5.32 Å². The van der Waals surface area contributed by atoms with Gasteiger partial charge in [-0.15, -0.1) is 0 Å². The molecule has 3 aromatic rings. The van der Waals surface area contributed by atoms with Gasteiger partial charge in [0.05, 0.1) is 23.7 Å². The summed E-state index contributed by atoms with van der Waals surface area (Å²) in [7, 11) is -2.55. The average molecular weight is 481 g/mol. The third-order valence-corrected chi connectivity index (χ3v) is 7.27. The maximum absolute atomic E-state index is 13.7. The molecule has 1 amide bonds. The molecule has 3 rings (SSSR count). The summed E-state index contributed by atoms with van der Waals surface area (Å²) in [6.07, 6.45) is 0.731. The predicted octanol–water partition coefficient (Wildman–Crippen LogP) is 5.10. The zero-order valence-electron chi connectivity index (χ0n) is 20.1. The summed E-state index contributed by atoms with van der Waals surface area (Å²) in [6.45, 7) is 5.69. The quantitative estimate of drug-likeness (QED) is 0.438. The highest BCUT2D eigenvalue weighted by molar-refractivity contribution is 7.92. The molecule has 0 spiro atoms. The monoisotopic (exact) mass is 480 g/mol. The Morgan fingerprint density at radius 2 is 1.56 bits per heavy atom. The van der Waals surface area contributed by atoms with E-state index in [-0.39, 0.29) is 17.5 Å². The van der Waals surface area contributed by atoms with Crippen molar-refractivity contribution in [2.45, 2.75) is 38.1 Å². The highest BCUT2D eigenvalue weighted by Crippen LogP contribution is 2.32. The van der Waals surface area contributed by atoms with E-state index in [0.29, 0.717) is 17.4 Å². The summed E-state index contributed by atoms with van der Waals surface area (Å²) in [5.41, 5.74) is 2.23. The standard InChI is InChI=1S/C27H32N2O4S/c1-20(2)18-24(22-10-6-5-7-11-22)28-27(30)19-29(25-12-8-9-13-26(25)33-4)34(31,32)23-16-14-21(3)15-17-23/h5-17,20,24H,18-19H2,1-4H3,(H,28,30)/t24-/m0/s1. The number of ether oxygens (including phenoxy) is 1. The molecule has 6 nitrogen and oxygen atoms in total. The van der Waals surface area contributed by atoms with E-state index in [2.05, 4.69) is 19.2 Å². The molecule has 0 fully saturated rings. The largest absolute Gasteiger partial charge is 0.495 e. The Hall–Kier alpha value is -3.32. The van der Waals surface area contributed by atoms with Crippen molar-refractivity contribution in [3.05, 3.63) is 90.0 Å². The molecule has 0 aliphatic rings. The number of para-hydroxylation sites is 2. The number of amides is 1. The van der Waals surface area contributed by atoms with Crippen LogP contribution in [0.15, 0.2) is 83.8 Å². The molecular weight excluding hydrogens is 448 g/mol. The second kappa shape index (κ2) is 11.2. The maximum atomic E-state index is 13.7. The number of hydrogen-bond acceptors (Lipinski definition) is 4. The second-order valence-electron chi connectivity index (χ2n) is 8.66. The molecule has 0 radical (unpaired) electrons. The van der Waals surface area contributed by atoms with E-state index in [1.54, 1.807) is 48.5 Å². The first-order chi connectivity index (χ1) is 16.2. The van der Waals surface area contributed by atoms with Crippen LogP contribution in [0.3, 0.4) is 0 Å². The van der Waals surface area contributed by atoms with Crippen LogP contribution in [0.4, 0.5) is 5.69 Å². The normalized spacial score (nSPS) is 12.3. The molecule has 0 aromatic heterocycles. The Kier molecular flexibility index (Phi) is 8.34. The van der Waals surface area contributed by atoms with E-state index < -0.39 is 15.9 Å². The molecule has 7 heteroatoms. The Morgan fingerprint density at radius 1 is 0.941 bits per heavy atom. The van der Waals surface area contributed by atoms with Crippen LogP contribution in [0.1, 0.15) is 37.4 Å². The van der Waals surface area contributed by atoms with Crippen molar-refractivity contribution in [2.24, 2.45) is 5.92 Å². The molecular formula is C27H32N2O4S. The molecule has 0 bridgehead atoms. The number of aryl methyl sites for hydroxylation is 1. The Bertz CT molecular complexity index is 1190. The van der Waals surface area contributed by atoms with Crippen LogP contribution in [0.25, 0.3) is 0 Å². The molecule has 1 N–H and O–H groups in total. The topological polar surface area (TPSA) is 75.7 Å². The number of benzene rings is 3. The van der Waals surface area contributed by atoms with Gasteiger partial charge in [-0.05, 0) is 49.1 Å². The van der Waals surface area contributed by atoms with Crippen molar-refractivity contribution in [3.63, 3.8) is 0 Å². The number of carbonyl (C=O) groups is 1. The first-order valence-electron chi connectivity index (χ1n) is 11.3. The average Bonchev–Trinajstić information content (AvgIpc) is 2.82. The maximum Gasteiger partial charge on any atom is 0.264 e. The number of nitrogens with one attached hydrogen (secondary N) is 1. The fraction of sp³-hybridized carbons (Fsp3) is 0.296. The predicted molar refractivity (Wildman–Crippen MR) is 135 cm³/mol. The lowest BCUT2D eigenvalue weighted by atomic mass is 9.97. The molecule has 0 saturated heterocycles. The number of anilines is 1. The molecule has 34 heavy (non-hydrogen) atoms. The minimum absolute atomic E-state index is 0.110. The van der Waals surface area contributed by atoms with Crippen molar-refractivity contribution in [2.75, 3.05) is 18.0 Å². The van der Waals surface area contributed by atoms with Crippen molar-refractivity contribution >= 4 is 21.6 Å². The first-order valence-corrected chi connectivity index (χ1v) is 12.7. The van der Waals surface area contributed by atoms with E-state index >= 15 is 0 Å². The number of nitrogens with zero attached hydrogens (tertiary/aromatic N) is 1. The van der Waals surface area contributed by atoms with E-state index in [1.807, 2.05) is 37.3 Å². The number of carbonyl (C=O) groups excluding carboxylic acids is 1. The molecule has 0 aliphatic carbocycles. The van der Waals surface area contributed by atoms with Crippen LogP contribution in [0.2, 0.25) is 0 Å². The van der Waals surface area contributed by atoms with Crippen molar-refractivity contribution in [1.29, 1.82) is 0 Å². The fourth-order valence-corrected chi connectivity index (χ4v) is 5.21. The van der Waals surface area contributed by atoms with Crippen molar-refractivity contribution in [3.8, 4) is 5.75 Å². The van der Waals surface area contributed by atoms with Gasteiger partial charge in [-0.1, -0.05) is 74.0 Å². The van der Waals surface area contributed by atoms with Gasteiger partial charge in [0, 0.05) is 0 Å². The van der Waals surface area contributed by atoms with Crippen LogP contribution in [0, 0.1) is 12.8 Å². The van der Waals surface area contributed by atoms with Gasteiger partial charge in [-0.2, -0.15) is 0 Å². The van der Waals surface area contributed by atoms with Gasteiger partial charge in [0.1, 0.15) is 12.3 Å². The van der Waals surface area contributed by atoms with Crippen LogP contribution in [-0.4, -0.2) is 28.0 Å². The van der Waals surface area contributed by atoms with Gasteiger partial charge in [0.15, 0.2) is 0 Å². The molecule has 3 aromatic carbocycles. The number of rotatable bonds is 10. The molecule has 0 saturated carbocycles. The Balaban J connectivity index is 1.96. The lowest BCUT2D eigenvalue weighted by molar-refractivity contribution is -0.120. The summed E-state index contributed by atoms with van der Waals surface area (Å²) in [5, 5.41) is 3.05. The molecule has 0 heterocycles. The van der Waals surface area contributed by atoms with Gasteiger partial charge in [0.25, 0.3) is 10.0 Å². The molecule has 0 aliphatic heterocycles. The van der Waals surface area contributed by atoms with Gasteiger partial charge >= 0.3 is 0 Å². The number of sulfonamides is 1. The number of methoxy groups -OCH3 is 1. The van der Waals surface area contributed by atoms with Crippen LogP contribution in [0.5, 0.6) is 5.75 Å². The zero-order valence-corrected chi connectivity index (χ0v) is 20.9. The van der Waals surface area contributed by atoms with Crippen molar-refractivity contribution < 1.29 is 17.9 Å². The van der Waals surface area contributed by atoms with Crippen LogP contribution in [-0.2, 0) is 14.8 Å². The summed E-state index contributed by atoms with van der Waals surface area (Å²) in [6, 6.07) is 22.9. The highest BCUT2D eigenvalue weighted by Gasteiger charge is 2.30. The van der Waals surface area contributed by atoms with Crippen LogP contribution < -0.4 is 14.4 Å². The minimum Gasteiger partial charge on any atom is -0.495 e. The molecule has 1 atom stereocenters. The van der Waals surface area contributed by atoms with Gasteiger partial charge in [-0.25, -0.2) is 8.42 Å². The lowest BCUT2D eigenvalue weighted by Crippen LogP contribution is -2.42. The third-order valence-electron chi connectivity index (χ3n) is 5.49. The van der Waals surface area contributed by atoms with E-state index in [9.17, 15) is 13.2 Å². The highest BCUT2D eigenvalue weighted by atomic mass is 32.2. The zero-order chi connectivity index (χ0) is 24.7. The second-order valence-corrected chi connectivity index (χ2v) is 10.5. The van der Waals surface area contributed by atoms with Crippen LogP contribution >= 0.6 is 0 Å². The fourth-order valence-electron chi connectivity index (χ4n) is 3.78.